The summed E-state index contributed by atoms with van der Waals surface area (Å²) in [5, 5.41) is 9.64. The molecule has 0 amide bonds. The normalized spacial score (nSPS) is 10.9. The predicted octanol–water partition coefficient (Wildman–Crippen LogP) is 4.50. The van der Waals surface area contributed by atoms with Crippen molar-refractivity contribution in [3.63, 3.8) is 0 Å². The van der Waals surface area contributed by atoms with Gasteiger partial charge in [0.25, 0.3) is 0 Å². The number of aryl methyl sites for hydroxylation is 2. The maximum Gasteiger partial charge on any atom is 0.347 e. The van der Waals surface area contributed by atoms with Crippen molar-refractivity contribution in [3.8, 4) is 20.7 Å². The first kappa shape index (κ1) is 22.1. The highest BCUT2D eigenvalue weighted by molar-refractivity contribution is 7.18. The lowest BCUT2D eigenvalue weighted by Crippen LogP contribution is -2.02. The van der Waals surface area contributed by atoms with Crippen molar-refractivity contribution in [1.29, 1.82) is 0 Å². The van der Waals surface area contributed by atoms with E-state index in [0.717, 1.165) is 39.0 Å². The Labute approximate surface area is 203 Å². The van der Waals surface area contributed by atoms with E-state index < -0.39 is 5.63 Å². The number of hydrogen-bond acceptors (Lipinski definition) is 12. The van der Waals surface area contributed by atoms with E-state index in [4.69, 9.17) is 4.42 Å². The largest absolute Gasteiger partial charge is 0.402 e. The molecule has 0 saturated carbocycles. The minimum atomic E-state index is -0.390. The quantitative estimate of drug-likeness (QED) is 0.334. The van der Waals surface area contributed by atoms with Crippen LogP contribution < -0.4 is 10.4 Å². The highest BCUT2D eigenvalue weighted by atomic mass is 32.1. The molecule has 0 radical (unpaired) electrons. The Balaban J connectivity index is 0.000000142. The molecule has 0 fully saturated rings. The monoisotopic (exact) mass is 506 g/mol. The summed E-state index contributed by atoms with van der Waals surface area (Å²) >= 11 is 3.57. The number of fused-ring (bicyclic) bond motifs is 2. The van der Waals surface area contributed by atoms with Crippen molar-refractivity contribution in [3.05, 3.63) is 79.9 Å². The first-order chi connectivity index (χ1) is 16.5. The lowest BCUT2D eigenvalue weighted by molar-refractivity contribution is 0.519. The van der Waals surface area contributed by atoms with E-state index in [0.29, 0.717) is 31.9 Å². The van der Waals surface area contributed by atoms with Gasteiger partial charge >= 0.3 is 5.63 Å². The molecule has 0 aliphatic carbocycles. The van der Waals surface area contributed by atoms with Gasteiger partial charge in [-0.1, -0.05) is 44.6 Å². The Morgan fingerprint density at radius 1 is 0.735 bits per heavy atom. The van der Waals surface area contributed by atoms with Gasteiger partial charge in [0.1, 0.15) is 14.8 Å². The van der Waals surface area contributed by atoms with Crippen LogP contribution in [0.25, 0.3) is 42.5 Å². The summed E-state index contributed by atoms with van der Waals surface area (Å²) in [6.45, 7) is 3.67. The third-order valence-electron chi connectivity index (χ3n) is 4.76. The molecule has 0 aliphatic heterocycles. The Morgan fingerprint density at radius 2 is 1.32 bits per heavy atom. The van der Waals surface area contributed by atoms with Crippen LogP contribution in [0.3, 0.4) is 0 Å². The van der Waals surface area contributed by atoms with E-state index in [1.54, 1.807) is 31.2 Å². The fourth-order valence-electron chi connectivity index (χ4n) is 3.09. The van der Waals surface area contributed by atoms with Crippen molar-refractivity contribution < 1.29 is 4.42 Å². The summed E-state index contributed by atoms with van der Waals surface area (Å²) in [6, 6.07) is 14.4. The predicted molar refractivity (Wildman–Crippen MR) is 133 cm³/mol. The fourth-order valence-corrected chi connectivity index (χ4v) is 5.29. The summed E-state index contributed by atoms with van der Waals surface area (Å²) in [4.78, 5) is 34.1. The lowest BCUT2D eigenvalue weighted by atomic mass is 10.2. The van der Waals surface area contributed by atoms with Gasteiger partial charge in [0.15, 0.2) is 0 Å². The van der Waals surface area contributed by atoms with Crippen LogP contribution in [0, 0.1) is 13.8 Å². The zero-order valence-electron chi connectivity index (χ0n) is 17.8. The topological polar surface area (TPSA) is 125 Å². The van der Waals surface area contributed by atoms with Gasteiger partial charge < -0.3 is 4.42 Å². The number of aromatic nitrogens is 6. The molecular weight excluding hydrogens is 492 g/mol. The molecule has 0 bridgehead atoms. The molecule has 2 aromatic carbocycles. The van der Waals surface area contributed by atoms with Crippen molar-refractivity contribution in [1.82, 2.24) is 29.1 Å². The van der Waals surface area contributed by atoms with E-state index in [1.165, 1.54) is 11.5 Å². The van der Waals surface area contributed by atoms with Crippen molar-refractivity contribution in [2.24, 2.45) is 0 Å². The maximum atomic E-state index is 11.9. The van der Waals surface area contributed by atoms with Gasteiger partial charge in [-0.05, 0) is 61.2 Å². The van der Waals surface area contributed by atoms with E-state index in [-0.39, 0.29) is 10.6 Å². The van der Waals surface area contributed by atoms with E-state index in [1.807, 2.05) is 31.2 Å². The molecule has 0 spiro atoms. The summed E-state index contributed by atoms with van der Waals surface area (Å²) < 4.78 is 12.9. The molecule has 4 heterocycles. The smallest absolute Gasteiger partial charge is 0.347 e. The fraction of sp³-hybridized carbons (Fsp3) is 0.0909. The molecule has 4 aromatic heterocycles. The van der Waals surface area contributed by atoms with Gasteiger partial charge in [0.2, 0.25) is 10.6 Å². The van der Waals surface area contributed by atoms with Crippen LogP contribution in [0.1, 0.15) is 11.4 Å². The Bertz CT molecular complexity index is 1630. The molecular formula is C22H14N6O3S3. The molecule has 0 unspecified atom stereocenters. The minimum Gasteiger partial charge on any atom is -0.402 e. The van der Waals surface area contributed by atoms with Gasteiger partial charge in [0, 0.05) is 0 Å². The number of benzene rings is 2. The Morgan fingerprint density at radius 3 is 1.97 bits per heavy atom. The number of nitrogens with zero attached hydrogens (tertiary/aromatic N) is 6. The molecule has 6 aromatic rings. The molecule has 0 atom stereocenters. The number of hydrogen-bond donors (Lipinski definition) is 0. The highest BCUT2D eigenvalue weighted by Crippen LogP contribution is 2.27. The number of para-hydroxylation sites is 2. The number of rotatable bonds is 2. The molecule has 0 aliphatic rings. The standard InChI is InChI=1S/C11H7N3O2S.C11H7N3OS2/c2*1-6-9(17-14-13-6)10-12-8-5-3-2-4-7(8)11(15)16-10/h2*2-5H,1H3. The molecule has 34 heavy (non-hydrogen) atoms. The van der Waals surface area contributed by atoms with Crippen molar-refractivity contribution in [2.75, 3.05) is 0 Å². The Hall–Kier alpha value is -3.74. The van der Waals surface area contributed by atoms with Crippen LogP contribution in [0.5, 0.6) is 0 Å². The molecule has 0 N–H and O–H groups in total. The van der Waals surface area contributed by atoms with E-state index in [2.05, 4.69) is 29.1 Å². The molecule has 0 saturated heterocycles. The summed E-state index contributed by atoms with van der Waals surface area (Å²) in [5.41, 5.74) is 2.47. The molecule has 9 nitrogen and oxygen atoms in total. The van der Waals surface area contributed by atoms with Crippen LogP contribution in [0.4, 0.5) is 0 Å². The highest BCUT2D eigenvalue weighted by Gasteiger charge is 2.13. The van der Waals surface area contributed by atoms with Crippen LogP contribution in [0.2, 0.25) is 0 Å². The van der Waals surface area contributed by atoms with Crippen LogP contribution in [-0.2, 0) is 0 Å². The minimum absolute atomic E-state index is 0.0263. The SMILES string of the molecule is Cc1nnsc1-c1nc2ccccc2c(=O)o1.Cc1nnsc1-c1nc2ccccc2c(=O)s1. The Kier molecular flexibility index (Phi) is 6.01. The molecule has 12 heteroatoms. The van der Waals surface area contributed by atoms with Crippen molar-refractivity contribution in [2.45, 2.75) is 13.8 Å². The van der Waals surface area contributed by atoms with E-state index >= 15 is 0 Å². The van der Waals surface area contributed by atoms with Crippen LogP contribution >= 0.6 is 34.4 Å². The van der Waals surface area contributed by atoms with Gasteiger partial charge in [-0.2, -0.15) is 0 Å². The zero-order valence-corrected chi connectivity index (χ0v) is 20.2. The van der Waals surface area contributed by atoms with E-state index in [9.17, 15) is 9.59 Å². The second-order valence-electron chi connectivity index (χ2n) is 7.02. The first-order valence-electron chi connectivity index (χ1n) is 9.89. The van der Waals surface area contributed by atoms with Crippen LogP contribution in [0.15, 0.2) is 62.5 Å². The zero-order chi connectivity index (χ0) is 23.7. The maximum absolute atomic E-state index is 11.9. The second kappa shape index (κ2) is 9.25. The van der Waals surface area contributed by atoms with Gasteiger partial charge in [0.05, 0.1) is 33.2 Å². The average Bonchev–Trinajstić information content (AvgIpc) is 3.47. The van der Waals surface area contributed by atoms with Gasteiger partial charge in [-0.15, -0.1) is 10.2 Å². The van der Waals surface area contributed by atoms with Gasteiger partial charge in [-0.25, -0.2) is 14.8 Å². The molecule has 168 valence electrons. The average molecular weight is 507 g/mol. The van der Waals surface area contributed by atoms with Crippen molar-refractivity contribution >= 4 is 56.2 Å². The second-order valence-corrected chi connectivity index (χ2v) is 9.49. The summed E-state index contributed by atoms with van der Waals surface area (Å²) in [5.74, 6) is 0.279. The first-order valence-corrected chi connectivity index (χ1v) is 12.3. The van der Waals surface area contributed by atoms with Gasteiger partial charge in [-0.3, -0.25) is 4.79 Å². The van der Waals surface area contributed by atoms with Crippen LogP contribution in [-0.4, -0.2) is 29.1 Å². The summed E-state index contributed by atoms with van der Waals surface area (Å²) in [7, 11) is 0. The third-order valence-corrected chi connectivity index (χ3v) is 7.44. The lowest BCUT2D eigenvalue weighted by Gasteiger charge is -1.98. The summed E-state index contributed by atoms with van der Waals surface area (Å²) in [6.07, 6.45) is 0. The third kappa shape index (κ3) is 4.25. The molecule has 6 rings (SSSR count).